The summed E-state index contributed by atoms with van der Waals surface area (Å²) in [6, 6.07) is 6.55. The van der Waals surface area contributed by atoms with Crippen molar-refractivity contribution < 1.29 is 4.74 Å². The van der Waals surface area contributed by atoms with Crippen LogP contribution in [-0.4, -0.2) is 10.2 Å². The van der Waals surface area contributed by atoms with Gasteiger partial charge in [-0.1, -0.05) is 11.6 Å². The summed E-state index contributed by atoms with van der Waals surface area (Å²) >= 11 is 5.94. The van der Waals surface area contributed by atoms with E-state index in [1.165, 1.54) is 12.3 Å². The average Bonchev–Trinajstić information content (AvgIpc) is 2.22. The molecule has 0 saturated carbocycles. The van der Waals surface area contributed by atoms with Gasteiger partial charge < -0.3 is 10.5 Å². The fourth-order valence-electron chi connectivity index (χ4n) is 1.22. The van der Waals surface area contributed by atoms with Crippen LogP contribution in [0.2, 0.25) is 5.02 Å². The van der Waals surface area contributed by atoms with E-state index in [1.54, 1.807) is 18.2 Å². The molecule has 0 spiro atoms. The lowest BCUT2D eigenvalue weighted by molar-refractivity contribution is 0.478. The van der Waals surface area contributed by atoms with E-state index in [2.05, 4.69) is 10.2 Å². The van der Waals surface area contributed by atoms with Crippen molar-refractivity contribution in [1.82, 2.24) is 15.9 Å². The molecule has 0 fully saturated rings. The number of hydrogen-bond acceptors (Lipinski definition) is 3. The van der Waals surface area contributed by atoms with E-state index in [9.17, 15) is 0 Å². The predicted molar refractivity (Wildman–Crippen MR) is 61.1 cm³/mol. The fraction of sp³-hybridized carbons (Fsp3) is 0.0909. The summed E-state index contributed by atoms with van der Waals surface area (Å²) in [5, 5.41) is 8.00. The van der Waals surface area contributed by atoms with Crippen molar-refractivity contribution in [2.45, 2.75) is 6.92 Å². The quantitative estimate of drug-likeness (QED) is 0.802. The van der Waals surface area contributed by atoms with Crippen LogP contribution in [0.5, 0.6) is 11.5 Å². The van der Waals surface area contributed by atoms with Crippen molar-refractivity contribution in [3.05, 3.63) is 41.2 Å². The van der Waals surface area contributed by atoms with E-state index in [0.29, 0.717) is 22.2 Å². The van der Waals surface area contributed by atoms with Gasteiger partial charge >= 0.3 is 0 Å². The lowest BCUT2D eigenvalue weighted by Crippen LogP contribution is -1.90. The van der Waals surface area contributed by atoms with Crippen LogP contribution >= 0.6 is 11.6 Å². The van der Waals surface area contributed by atoms with Gasteiger partial charge in [0.25, 0.3) is 0 Å². The van der Waals surface area contributed by atoms with Gasteiger partial charge in [-0.05, 0) is 25.1 Å². The van der Waals surface area contributed by atoms with E-state index in [-0.39, 0.29) is 0 Å². The molecular formula is C11H9ClN3O. The summed E-state index contributed by atoms with van der Waals surface area (Å²) in [6.07, 6.45) is 1.51. The molecule has 16 heavy (non-hydrogen) atoms. The van der Waals surface area contributed by atoms with Crippen molar-refractivity contribution in [2.75, 3.05) is 0 Å². The Morgan fingerprint density at radius 2 is 2.12 bits per heavy atom. The van der Waals surface area contributed by atoms with Crippen LogP contribution in [0.15, 0.2) is 30.5 Å². The predicted octanol–water partition coefficient (Wildman–Crippen LogP) is 3.15. The first-order valence-electron chi connectivity index (χ1n) is 4.63. The molecular weight excluding hydrogens is 226 g/mol. The molecule has 5 heteroatoms. The van der Waals surface area contributed by atoms with Crippen molar-refractivity contribution in [3.8, 4) is 11.5 Å². The first-order valence-corrected chi connectivity index (χ1v) is 5.01. The summed E-state index contributed by atoms with van der Waals surface area (Å²) in [6.45, 7) is 1.83. The molecule has 0 bridgehead atoms. The first kappa shape index (κ1) is 10.7. The highest BCUT2D eigenvalue weighted by molar-refractivity contribution is 6.32. The molecule has 81 valence electrons. The van der Waals surface area contributed by atoms with Gasteiger partial charge in [0.15, 0.2) is 0 Å². The number of hydrogen-bond donors (Lipinski definition) is 0. The SMILES string of the molecule is Cc1cc(Oc2ccc([NH])cc2Cl)cnn1. The Hall–Kier alpha value is -1.81. The van der Waals surface area contributed by atoms with Crippen LogP contribution in [0.25, 0.3) is 0 Å². The Morgan fingerprint density at radius 1 is 1.31 bits per heavy atom. The van der Waals surface area contributed by atoms with Gasteiger partial charge in [0.05, 0.1) is 22.6 Å². The number of ether oxygens (including phenoxy) is 1. The van der Waals surface area contributed by atoms with Gasteiger partial charge in [-0.25, -0.2) is 0 Å². The Labute approximate surface area is 98.0 Å². The second-order valence-electron chi connectivity index (χ2n) is 3.28. The van der Waals surface area contributed by atoms with E-state index in [4.69, 9.17) is 22.1 Å². The topological polar surface area (TPSA) is 58.8 Å². The van der Waals surface area contributed by atoms with Crippen molar-refractivity contribution in [2.24, 2.45) is 0 Å². The minimum absolute atomic E-state index is 0.349. The zero-order valence-corrected chi connectivity index (χ0v) is 9.32. The third-order valence-electron chi connectivity index (χ3n) is 1.91. The Morgan fingerprint density at radius 3 is 2.81 bits per heavy atom. The molecule has 1 aromatic carbocycles. The highest BCUT2D eigenvalue weighted by atomic mass is 35.5. The van der Waals surface area contributed by atoms with Gasteiger partial charge in [0.2, 0.25) is 0 Å². The minimum atomic E-state index is 0.349. The fourth-order valence-corrected chi connectivity index (χ4v) is 1.43. The molecule has 0 aliphatic carbocycles. The van der Waals surface area contributed by atoms with Crippen molar-refractivity contribution in [3.63, 3.8) is 0 Å². The number of benzene rings is 1. The maximum atomic E-state index is 7.38. The first-order chi connectivity index (χ1) is 7.65. The molecule has 0 unspecified atom stereocenters. The van der Waals surface area contributed by atoms with Gasteiger partial charge in [-0.2, -0.15) is 10.2 Å². The molecule has 0 saturated heterocycles. The maximum Gasteiger partial charge on any atom is 0.149 e. The molecule has 0 aliphatic rings. The van der Waals surface area contributed by atoms with E-state index in [1.807, 2.05) is 6.92 Å². The molecule has 2 rings (SSSR count). The van der Waals surface area contributed by atoms with Crippen LogP contribution in [0.1, 0.15) is 5.69 Å². The summed E-state index contributed by atoms with van der Waals surface area (Å²) in [5.41, 5.74) is 8.50. The highest BCUT2D eigenvalue weighted by Gasteiger charge is 2.04. The van der Waals surface area contributed by atoms with Gasteiger partial charge in [-0.15, -0.1) is 0 Å². The number of nitrogens with zero attached hydrogens (tertiary/aromatic N) is 2. The normalized spacial score (nSPS) is 10.1. The standard InChI is InChI=1S/C11H9ClN3O/c1-7-4-9(6-14-15-7)16-11-3-2-8(13)5-10(11)12/h2-6,13H,1H3. The maximum absolute atomic E-state index is 7.38. The molecule has 1 N–H and O–H groups in total. The van der Waals surface area contributed by atoms with Crippen LogP contribution in [0.3, 0.4) is 0 Å². The van der Waals surface area contributed by atoms with E-state index >= 15 is 0 Å². The molecule has 2 aromatic rings. The van der Waals surface area contributed by atoms with Gasteiger partial charge in [-0.3, -0.25) is 0 Å². The summed E-state index contributed by atoms with van der Waals surface area (Å²) in [7, 11) is 0. The summed E-state index contributed by atoms with van der Waals surface area (Å²) in [5.74, 6) is 1.08. The average molecular weight is 235 g/mol. The van der Waals surface area contributed by atoms with Crippen LogP contribution in [-0.2, 0) is 0 Å². The molecule has 1 radical (unpaired) electrons. The second-order valence-corrected chi connectivity index (χ2v) is 3.69. The zero-order chi connectivity index (χ0) is 11.5. The molecule has 4 nitrogen and oxygen atoms in total. The minimum Gasteiger partial charge on any atom is -0.454 e. The van der Waals surface area contributed by atoms with Crippen LogP contribution < -0.4 is 10.5 Å². The number of nitrogens with one attached hydrogen (secondary N) is 1. The second kappa shape index (κ2) is 4.37. The summed E-state index contributed by atoms with van der Waals surface area (Å²) < 4.78 is 5.53. The van der Waals surface area contributed by atoms with Crippen LogP contribution in [0, 0.1) is 6.92 Å². The molecule has 1 aromatic heterocycles. The van der Waals surface area contributed by atoms with Gasteiger partial charge in [0.1, 0.15) is 11.5 Å². The Bertz CT molecular complexity index is 516. The third-order valence-corrected chi connectivity index (χ3v) is 2.21. The number of aromatic nitrogens is 2. The molecule has 0 aliphatic heterocycles. The molecule has 0 amide bonds. The third kappa shape index (κ3) is 2.41. The largest absolute Gasteiger partial charge is 0.454 e. The smallest absolute Gasteiger partial charge is 0.149 e. The number of aryl methyl sites for hydroxylation is 1. The zero-order valence-electron chi connectivity index (χ0n) is 8.57. The van der Waals surface area contributed by atoms with Crippen molar-refractivity contribution in [1.29, 1.82) is 0 Å². The lowest BCUT2D eigenvalue weighted by atomic mass is 10.3. The van der Waals surface area contributed by atoms with E-state index in [0.717, 1.165) is 5.69 Å². The Kier molecular flexibility index (Phi) is 2.92. The highest BCUT2D eigenvalue weighted by Crippen LogP contribution is 2.30. The number of rotatable bonds is 2. The monoisotopic (exact) mass is 234 g/mol. The Balaban J connectivity index is 2.27. The lowest BCUT2D eigenvalue weighted by Gasteiger charge is -2.07. The van der Waals surface area contributed by atoms with Crippen LogP contribution in [0.4, 0.5) is 5.69 Å². The van der Waals surface area contributed by atoms with Gasteiger partial charge in [0, 0.05) is 6.07 Å². The number of halogens is 1. The molecule has 1 heterocycles. The summed E-state index contributed by atoms with van der Waals surface area (Å²) in [4.78, 5) is 0. The van der Waals surface area contributed by atoms with E-state index < -0.39 is 0 Å². The molecule has 0 atom stereocenters. The van der Waals surface area contributed by atoms with Crippen molar-refractivity contribution >= 4 is 17.3 Å².